The van der Waals surface area contributed by atoms with E-state index in [9.17, 15) is 0 Å². The average molecular weight is 197 g/mol. The molecule has 1 aromatic rings. The van der Waals surface area contributed by atoms with Crippen LogP contribution >= 0.6 is 0 Å². The second kappa shape index (κ2) is 3.96. The number of nitrogen functional groups attached to an aromatic ring is 1. The molecule has 0 radical (unpaired) electrons. The van der Waals surface area contributed by atoms with Crippen LogP contribution in [-0.4, -0.2) is 23.4 Å². The highest BCUT2D eigenvalue weighted by Crippen LogP contribution is 2.33. The van der Waals surface area contributed by atoms with Crippen molar-refractivity contribution in [1.82, 2.24) is 10.2 Å². The number of methoxy groups -OCH3 is 1. The molecule has 5 nitrogen and oxygen atoms in total. The molecule has 2 atom stereocenters. The average Bonchev–Trinajstić information content (AvgIpc) is 2.65. The number of ether oxygens (including phenoxy) is 1. The smallest absolute Gasteiger partial charge is 0.312 e. The maximum Gasteiger partial charge on any atom is 0.312 e. The van der Waals surface area contributed by atoms with Gasteiger partial charge in [0.05, 0.1) is 6.10 Å². The van der Waals surface area contributed by atoms with Gasteiger partial charge in [-0.3, -0.25) is 0 Å². The van der Waals surface area contributed by atoms with Crippen molar-refractivity contribution in [1.29, 1.82) is 0 Å². The lowest BCUT2D eigenvalue weighted by Crippen LogP contribution is -2.20. The van der Waals surface area contributed by atoms with Gasteiger partial charge in [0.15, 0.2) is 0 Å². The van der Waals surface area contributed by atoms with Crippen molar-refractivity contribution in [3.05, 3.63) is 5.89 Å². The quantitative estimate of drug-likeness (QED) is 0.774. The van der Waals surface area contributed by atoms with Crippen LogP contribution in [0, 0.1) is 0 Å². The van der Waals surface area contributed by atoms with E-state index in [-0.39, 0.29) is 6.01 Å². The maximum atomic E-state index is 5.38. The molecule has 14 heavy (non-hydrogen) atoms. The van der Waals surface area contributed by atoms with E-state index >= 15 is 0 Å². The molecule has 0 amide bonds. The van der Waals surface area contributed by atoms with Crippen LogP contribution < -0.4 is 5.73 Å². The van der Waals surface area contributed by atoms with Crippen LogP contribution in [0.3, 0.4) is 0 Å². The van der Waals surface area contributed by atoms with E-state index in [1.165, 1.54) is 0 Å². The van der Waals surface area contributed by atoms with Gasteiger partial charge in [-0.2, -0.15) is 0 Å². The Morgan fingerprint density at radius 1 is 1.43 bits per heavy atom. The molecule has 0 aromatic carbocycles. The fourth-order valence-electron chi connectivity index (χ4n) is 1.99. The Hall–Kier alpha value is -1.10. The zero-order valence-electron chi connectivity index (χ0n) is 8.27. The van der Waals surface area contributed by atoms with E-state index < -0.39 is 0 Å². The highest BCUT2D eigenvalue weighted by Gasteiger charge is 2.26. The molecule has 2 N–H and O–H groups in total. The molecule has 0 spiro atoms. The first kappa shape index (κ1) is 9.45. The van der Waals surface area contributed by atoms with Gasteiger partial charge in [-0.1, -0.05) is 11.5 Å². The lowest BCUT2D eigenvalue weighted by Gasteiger charge is -2.25. The Morgan fingerprint density at radius 3 is 2.93 bits per heavy atom. The van der Waals surface area contributed by atoms with Crippen molar-refractivity contribution < 1.29 is 9.15 Å². The summed E-state index contributed by atoms with van der Waals surface area (Å²) in [6.45, 7) is 0. The third-order valence-corrected chi connectivity index (χ3v) is 2.76. The Bertz CT molecular complexity index is 300. The summed E-state index contributed by atoms with van der Waals surface area (Å²) in [4.78, 5) is 0. The van der Waals surface area contributed by atoms with Crippen molar-refractivity contribution in [2.45, 2.75) is 37.7 Å². The molecule has 1 aromatic heterocycles. The number of rotatable bonds is 2. The minimum absolute atomic E-state index is 0.152. The number of nitrogens with two attached hydrogens (primary N) is 1. The minimum Gasteiger partial charge on any atom is -0.408 e. The van der Waals surface area contributed by atoms with E-state index in [0.29, 0.717) is 17.9 Å². The predicted octanol–water partition coefficient (Wildman–Crippen LogP) is 1.32. The summed E-state index contributed by atoms with van der Waals surface area (Å²) in [5.74, 6) is 0.975. The van der Waals surface area contributed by atoms with Crippen LogP contribution in [0.1, 0.15) is 37.5 Å². The summed E-state index contributed by atoms with van der Waals surface area (Å²) in [5, 5.41) is 7.57. The highest BCUT2D eigenvalue weighted by molar-refractivity contribution is 5.07. The fourth-order valence-corrected chi connectivity index (χ4v) is 1.99. The van der Waals surface area contributed by atoms with Gasteiger partial charge in [-0.05, 0) is 19.3 Å². The van der Waals surface area contributed by atoms with Crippen LogP contribution in [0.5, 0.6) is 0 Å². The van der Waals surface area contributed by atoms with Crippen LogP contribution in [-0.2, 0) is 4.74 Å². The standard InChI is InChI=1S/C9H15N3O2/c1-13-7-4-2-3-6(5-7)8-11-12-9(10)14-8/h6-7H,2-5H2,1H3,(H2,10,12)/t6-,7+/m0/s1. The second-order valence-corrected chi connectivity index (χ2v) is 3.70. The van der Waals surface area contributed by atoms with Gasteiger partial charge in [-0.15, -0.1) is 5.10 Å². The first-order valence-electron chi connectivity index (χ1n) is 4.91. The van der Waals surface area contributed by atoms with Crippen LogP contribution in [0.25, 0.3) is 0 Å². The third-order valence-electron chi connectivity index (χ3n) is 2.76. The van der Waals surface area contributed by atoms with Crippen LogP contribution in [0.2, 0.25) is 0 Å². The van der Waals surface area contributed by atoms with E-state index in [1.54, 1.807) is 7.11 Å². The first-order valence-corrected chi connectivity index (χ1v) is 4.91. The summed E-state index contributed by atoms with van der Waals surface area (Å²) >= 11 is 0. The van der Waals surface area contributed by atoms with Crippen molar-refractivity contribution in [3.63, 3.8) is 0 Å². The molecule has 1 saturated carbocycles. The summed E-state index contributed by atoms with van der Waals surface area (Å²) in [5.41, 5.74) is 5.38. The van der Waals surface area contributed by atoms with E-state index in [2.05, 4.69) is 10.2 Å². The molecule has 1 heterocycles. The van der Waals surface area contributed by atoms with Gasteiger partial charge in [0.25, 0.3) is 0 Å². The summed E-state index contributed by atoms with van der Waals surface area (Å²) < 4.78 is 10.5. The number of nitrogens with zero attached hydrogens (tertiary/aromatic N) is 2. The molecular formula is C9H15N3O2. The molecule has 5 heteroatoms. The fraction of sp³-hybridized carbons (Fsp3) is 0.778. The normalized spacial score (nSPS) is 27.8. The molecule has 1 fully saturated rings. The lowest BCUT2D eigenvalue weighted by atomic mass is 9.87. The Labute approximate surface area is 82.6 Å². The number of anilines is 1. The number of hydrogen-bond donors (Lipinski definition) is 1. The molecule has 0 aliphatic heterocycles. The van der Waals surface area contributed by atoms with Gasteiger partial charge >= 0.3 is 6.01 Å². The topological polar surface area (TPSA) is 74.2 Å². The molecular weight excluding hydrogens is 182 g/mol. The predicted molar refractivity (Wildman–Crippen MR) is 50.7 cm³/mol. The van der Waals surface area contributed by atoms with E-state index in [1.807, 2.05) is 0 Å². The second-order valence-electron chi connectivity index (χ2n) is 3.70. The van der Waals surface area contributed by atoms with E-state index in [0.717, 1.165) is 25.7 Å². The number of aromatic nitrogens is 2. The molecule has 0 unspecified atom stereocenters. The number of hydrogen-bond acceptors (Lipinski definition) is 5. The van der Waals surface area contributed by atoms with Gasteiger partial charge < -0.3 is 14.9 Å². The minimum atomic E-state index is 0.152. The zero-order valence-corrected chi connectivity index (χ0v) is 8.27. The Kier molecular flexibility index (Phi) is 2.67. The maximum absolute atomic E-state index is 5.38. The summed E-state index contributed by atoms with van der Waals surface area (Å²) in [6.07, 6.45) is 4.63. The van der Waals surface area contributed by atoms with Crippen molar-refractivity contribution >= 4 is 6.01 Å². The van der Waals surface area contributed by atoms with Crippen molar-refractivity contribution in [3.8, 4) is 0 Å². The van der Waals surface area contributed by atoms with Gasteiger partial charge in [0.2, 0.25) is 5.89 Å². The van der Waals surface area contributed by atoms with Crippen molar-refractivity contribution in [2.24, 2.45) is 0 Å². The van der Waals surface area contributed by atoms with Gasteiger partial charge in [0.1, 0.15) is 0 Å². The summed E-state index contributed by atoms with van der Waals surface area (Å²) in [6, 6.07) is 0.152. The van der Waals surface area contributed by atoms with Gasteiger partial charge in [-0.25, -0.2) is 0 Å². The lowest BCUT2D eigenvalue weighted by molar-refractivity contribution is 0.0599. The van der Waals surface area contributed by atoms with E-state index in [4.69, 9.17) is 14.9 Å². The first-order chi connectivity index (χ1) is 6.79. The molecule has 1 aliphatic rings. The van der Waals surface area contributed by atoms with Crippen LogP contribution in [0.4, 0.5) is 6.01 Å². The third kappa shape index (κ3) is 1.87. The molecule has 0 saturated heterocycles. The van der Waals surface area contributed by atoms with Crippen LogP contribution in [0.15, 0.2) is 4.42 Å². The van der Waals surface area contributed by atoms with Crippen molar-refractivity contribution in [2.75, 3.05) is 12.8 Å². The largest absolute Gasteiger partial charge is 0.408 e. The Morgan fingerprint density at radius 2 is 2.29 bits per heavy atom. The van der Waals surface area contributed by atoms with Gasteiger partial charge in [0, 0.05) is 13.0 Å². The summed E-state index contributed by atoms with van der Waals surface area (Å²) in [7, 11) is 1.75. The molecule has 0 bridgehead atoms. The zero-order chi connectivity index (χ0) is 9.97. The SMILES string of the molecule is CO[C@@H]1CCC[C@H](c2nnc(N)o2)C1. The Balaban J connectivity index is 2.04. The monoisotopic (exact) mass is 197 g/mol. The molecule has 1 aliphatic carbocycles. The molecule has 2 rings (SSSR count). The highest BCUT2D eigenvalue weighted by atomic mass is 16.5. The molecule has 78 valence electrons.